The monoisotopic (exact) mass is 242 g/mol. The Morgan fingerprint density at radius 1 is 1.56 bits per heavy atom. The number of carboxylic acid groups (broad SMARTS) is 1. The number of carbonyl (C=O) groups is 1. The van der Waals surface area contributed by atoms with E-state index in [2.05, 4.69) is 0 Å². The summed E-state index contributed by atoms with van der Waals surface area (Å²) in [5.74, 6) is -0.274. The van der Waals surface area contributed by atoms with Gasteiger partial charge in [0.05, 0.1) is 18.6 Å². The summed E-state index contributed by atoms with van der Waals surface area (Å²) in [4.78, 5) is 10.7. The molecule has 1 aromatic carbocycles. The lowest BCUT2D eigenvalue weighted by Crippen LogP contribution is -2.05. The Morgan fingerprint density at radius 3 is 2.69 bits per heavy atom. The van der Waals surface area contributed by atoms with Crippen LogP contribution in [0.3, 0.4) is 0 Å². The summed E-state index contributed by atoms with van der Waals surface area (Å²) in [6, 6.07) is 3.61. The molecule has 0 aliphatic rings. The highest BCUT2D eigenvalue weighted by Crippen LogP contribution is 2.32. The van der Waals surface area contributed by atoms with Crippen LogP contribution in [0.2, 0.25) is 5.02 Å². The Bertz CT molecular complexity index is 401. The van der Waals surface area contributed by atoms with Gasteiger partial charge < -0.3 is 9.84 Å². The number of carboxylic acids is 1. The summed E-state index contributed by atoms with van der Waals surface area (Å²) in [7, 11) is 1.54. The largest absolute Gasteiger partial charge is 0.495 e. The molecule has 4 heteroatoms. The molecule has 0 radical (unpaired) electrons. The maximum atomic E-state index is 10.7. The maximum absolute atomic E-state index is 10.7. The van der Waals surface area contributed by atoms with Crippen LogP contribution in [0.25, 0.3) is 0 Å². The molecule has 0 saturated heterocycles. The third-order valence-electron chi connectivity index (χ3n) is 2.55. The Hall–Kier alpha value is -1.22. The van der Waals surface area contributed by atoms with Gasteiger partial charge in [0.2, 0.25) is 0 Å². The minimum absolute atomic E-state index is 0.0522. The highest BCUT2D eigenvalue weighted by molar-refractivity contribution is 6.32. The maximum Gasteiger partial charge on any atom is 0.303 e. The number of halogens is 1. The zero-order valence-corrected chi connectivity index (χ0v) is 10.3. The number of hydrogen-bond acceptors (Lipinski definition) is 2. The quantitative estimate of drug-likeness (QED) is 0.882. The van der Waals surface area contributed by atoms with Gasteiger partial charge in [0, 0.05) is 0 Å². The Labute approximate surface area is 100.0 Å². The number of benzene rings is 1. The number of rotatable bonds is 4. The van der Waals surface area contributed by atoms with E-state index in [-0.39, 0.29) is 12.3 Å². The molecular weight excluding hydrogens is 228 g/mol. The van der Waals surface area contributed by atoms with E-state index >= 15 is 0 Å². The van der Waals surface area contributed by atoms with Crippen molar-refractivity contribution >= 4 is 17.6 Å². The topological polar surface area (TPSA) is 46.5 Å². The molecule has 0 aliphatic heterocycles. The third kappa shape index (κ3) is 2.89. The standard InChI is InChI=1S/C12H15ClO3/c1-7-4-10(13)11(16-3)6-9(7)8(2)5-12(14)15/h4,6,8H,5H2,1-3H3,(H,14,15). The zero-order valence-electron chi connectivity index (χ0n) is 9.58. The van der Waals surface area contributed by atoms with Crippen molar-refractivity contribution in [3.63, 3.8) is 0 Å². The summed E-state index contributed by atoms with van der Waals surface area (Å²) >= 11 is 5.97. The molecule has 0 heterocycles. The van der Waals surface area contributed by atoms with Gasteiger partial charge in [-0.05, 0) is 36.1 Å². The van der Waals surface area contributed by atoms with Gasteiger partial charge in [-0.25, -0.2) is 0 Å². The van der Waals surface area contributed by atoms with E-state index in [1.807, 2.05) is 19.9 Å². The van der Waals surface area contributed by atoms with Gasteiger partial charge in [0.15, 0.2) is 0 Å². The molecule has 0 fully saturated rings. The van der Waals surface area contributed by atoms with Crippen molar-refractivity contribution in [3.05, 3.63) is 28.3 Å². The van der Waals surface area contributed by atoms with Crippen molar-refractivity contribution in [2.75, 3.05) is 7.11 Å². The third-order valence-corrected chi connectivity index (χ3v) is 2.85. The number of methoxy groups -OCH3 is 1. The molecule has 0 saturated carbocycles. The fourth-order valence-electron chi connectivity index (χ4n) is 1.73. The molecule has 1 rings (SSSR count). The normalized spacial score (nSPS) is 12.2. The second-order valence-corrected chi connectivity index (χ2v) is 4.25. The summed E-state index contributed by atoms with van der Waals surface area (Å²) in [5, 5.41) is 9.31. The molecular formula is C12H15ClO3. The minimum Gasteiger partial charge on any atom is -0.495 e. The Balaban J connectivity index is 3.08. The smallest absolute Gasteiger partial charge is 0.303 e. The van der Waals surface area contributed by atoms with Gasteiger partial charge in [-0.1, -0.05) is 18.5 Å². The summed E-state index contributed by atoms with van der Waals surface area (Å²) in [5.41, 5.74) is 1.95. The molecule has 16 heavy (non-hydrogen) atoms. The molecule has 3 nitrogen and oxygen atoms in total. The van der Waals surface area contributed by atoms with Crippen LogP contribution in [0.5, 0.6) is 5.75 Å². The number of hydrogen-bond donors (Lipinski definition) is 1. The van der Waals surface area contributed by atoms with Crippen molar-refractivity contribution in [3.8, 4) is 5.75 Å². The van der Waals surface area contributed by atoms with Gasteiger partial charge >= 0.3 is 5.97 Å². The lowest BCUT2D eigenvalue weighted by molar-refractivity contribution is -0.137. The predicted molar refractivity (Wildman–Crippen MR) is 63.4 cm³/mol. The molecule has 1 aromatic rings. The van der Waals surface area contributed by atoms with Gasteiger partial charge in [-0.15, -0.1) is 0 Å². The van der Waals surface area contributed by atoms with Crippen molar-refractivity contribution in [1.29, 1.82) is 0 Å². The average molecular weight is 243 g/mol. The second kappa shape index (κ2) is 5.21. The number of ether oxygens (including phenoxy) is 1. The van der Waals surface area contributed by atoms with Crippen molar-refractivity contribution in [1.82, 2.24) is 0 Å². The first kappa shape index (κ1) is 12.8. The van der Waals surface area contributed by atoms with E-state index in [9.17, 15) is 4.79 Å². The van der Waals surface area contributed by atoms with Crippen molar-refractivity contribution in [2.45, 2.75) is 26.2 Å². The molecule has 88 valence electrons. The molecule has 1 atom stereocenters. The summed E-state index contributed by atoms with van der Waals surface area (Å²) < 4.78 is 5.12. The van der Waals surface area contributed by atoms with E-state index in [0.717, 1.165) is 11.1 Å². The van der Waals surface area contributed by atoms with Crippen LogP contribution in [0.4, 0.5) is 0 Å². The Kier molecular flexibility index (Phi) is 4.19. The second-order valence-electron chi connectivity index (χ2n) is 3.84. The lowest BCUT2D eigenvalue weighted by Gasteiger charge is -2.15. The van der Waals surface area contributed by atoms with E-state index < -0.39 is 5.97 Å². The van der Waals surface area contributed by atoms with Gasteiger partial charge in [0.1, 0.15) is 5.75 Å². The van der Waals surface area contributed by atoms with Gasteiger partial charge in [-0.2, -0.15) is 0 Å². The first-order chi connectivity index (χ1) is 7.45. The average Bonchev–Trinajstić information content (AvgIpc) is 2.16. The van der Waals surface area contributed by atoms with Crippen LogP contribution in [0.15, 0.2) is 12.1 Å². The lowest BCUT2D eigenvalue weighted by atomic mass is 9.93. The van der Waals surface area contributed by atoms with Gasteiger partial charge in [-0.3, -0.25) is 4.79 Å². The molecule has 0 aliphatic carbocycles. The first-order valence-corrected chi connectivity index (χ1v) is 5.39. The molecule has 0 spiro atoms. The van der Waals surface area contributed by atoms with E-state index in [0.29, 0.717) is 10.8 Å². The van der Waals surface area contributed by atoms with Crippen LogP contribution in [0.1, 0.15) is 30.4 Å². The van der Waals surface area contributed by atoms with Crippen LogP contribution in [-0.2, 0) is 4.79 Å². The SMILES string of the molecule is COc1cc(C(C)CC(=O)O)c(C)cc1Cl. The zero-order chi connectivity index (χ0) is 12.3. The summed E-state index contributed by atoms with van der Waals surface area (Å²) in [6.45, 7) is 3.79. The fraction of sp³-hybridized carbons (Fsp3) is 0.417. The molecule has 0 amide bonds. The fourth-order valence-corrected chi connectivity index (χ4v) is 2.02. The minimum atomic E-state index is -0.805. The van der Waals surface area contributed by atoms with Crippen LogP contribution >= 0.6 is 11.6 Å². The van der Waals surface area contributed by atoms with E-state index in [4.69, 9.17) is 21.4 Å². The van der Waals surface area contributed by atoms with E-state index in [1.165, 1.54) is 0 Å². The predicted octanol–water partition coefficient (Wildman–Crippen LogP) is 3.24. The van der Waals surface area contributed by atoms with Crippen LogP contribution in [-0.4, -0.2) is 18.2 Å². The first-order valence-electron chi connectivity index (χ1n) is 5.01. The Morgan fingerprint density at radius 2 is 2.19 bits per heavy atom. The van der Waals surface area contributed by atoms with Crippen LogP contribution in [0, 0.1) is 6.92 Å². The molecule has 1 N–H and O–H groups in total. The summed E-state index contributed by atoms with van der Waals surface area (Å²) in [6.07, 6.45) is 0.103. The molecule has 1 unspecified atom stereocenters. The number of aryl methyl sites for hydroxylation is 1. The van der Waals surface area contributed by atoms with Crippen molar-refractivity contribution in [2.24, 2.45) is 0 Å². The highest BCUT2D eigenvalue weighted by Gasteiger charge is 2.15. The highest BCUT2D eigenvalue weighted by atomic mass is 35.5. The molecule has 0 aromatic heterocycles. The van der Waals surface area contributed by atoms with Crippen molar-refractivity contribution < 1.29 is 14.6 Å². The molecule has 0 bridgehead atoms. The number of aliphatic carboxylic acids is 1. The van der Waals surface area contributed by atoms with Gasteiger partial charge in [0.25, 0.3) is 0 Å². The van der Waals surface area contributed by atoms with Crippen LogP contribution < -0.4 is 4.74 Å². The van der Waals surface area contributed by atoms with E-state index in [1.54, 1.807) is 13.2 Å².